The number of hydrogen-bond acceptors (Lipinski definition) is 7. The molecule has 0 amide bonds. The summed E-state index contributed by atoms with van der Waals surface area (Å²) in [6, 6.07) is 14.9. The van der Waals surface area contributed by atoms with Crippen LogP contribution in [0.3, 0.4) is 0 Å². The second-order valence-electron chi connectivity index (χ2n) is 8.02. The molecule has 7 heteroatoms. The van der Waals surface area contributed by atoms with Gasteiger partial charge in [0.05, 0.1) is 20.4 Å². The lowest BCUT2D eigenvalue weighted by Gasteiger charge is -2.18. The van der Waals surface area contributed by atoms with Gasteiger partial charge in [-0.2, -0.15) is 0 Å². The zero-order chi connectivity index (χ0) is 20.9. The van der Waals surface area contributed by atoms with E-state index < -0.39 is 0 Å². The van der Waals surface area contributed by atoms with Gasteiger partial charge in [-0.25, -0.2) is 9.97 Å². The summed E-state index contributed by atoms with van der Waals surface area (Å²) in [5, 5.41) is 6.98. The van der Waals surface area contributed by atoms with Gasteiger partial charge < -0.3 is 5.32 Å². The highest BCUT2D eigenvalue weighted by Crippen LogP contribution is 2.48. The van der Waals surface area contributed by atoms with Gasteiger partial charge in [0.2, 0.25) is 0 Å². The number of hydrogen-bond donors (Lipinski definition) is 1. The smallest absolute Gasteiger partial charge is 0.188 e. The first kappa shape index (κ1) is 19.7. The molecule has 1 atom stereocenters. The molecule has 2 aromatic carbocycles. The normalized spacial score (nSPS) is 16.1. The number of benzene rings is 2. The minimum absolute atomic E-state index is 0.745. The zero-order valence-corrected chi connectivity index (χ0v) is 20.5. The van der Waals surface area contributed by atoms with E-state index in [0.29, 0.717) is 0 Å². The van der Waals surface area contributed by atoms with Crippen LogP contribution in [0.1, 0.15) is 23.8 Å². The lowest BCUT2D eigenvalue weighted by molar-refractivity contribution is 0.508. The van der Waals surface area contributed by atoms with Gasteiger partial charge in [0.15, 0.2) is 5.13 Å². The molecule has 0 fully saturated rings. The monoisotopic (exact) mass is 479 g/mol. The lowest BCUT2D eigenvalue weighted by Crippen LogP contribution is -2.09. The summed E-state index contributed by atoms with van der Waals surface area (Å²) in [6.07, 6.45) is 5.66. The fourth-order valence-corrected chi connectivity index (χ4v) is 8.24. The minimum Gasteiger partial charge on any atom is -0.323 e. The molecule has 156 valence electrons. The molecule has 6 rings (SSSR count). The summed E-state index contributed by atoms with van der Waals surface area (Å²) in [7, 11) is 0. The van der Waals surface area contributed by atoms with Gasteiger partial charge in [-0.15, -0.1) is 34.4 Å². The van der Waals surface area contributed by atoms with Crippen molar-refractivity contribution in [3.63, 3.8) is 0 Å². The summed E-state index contributed by atoms with van der Waals surface area (Å²) < 4.78 is 2.47. The maximum atomic E-state index is 5.02. The Morgan fingerprint density at radius 2 is 1.87 bits per heavy atom. The Morgan fingerprint density at radius 3 is 2.74 bits per heavy atom. The van der Waals surface area contributed by atoms with E-state index in [1.807, 2.05) is 11.3 Å². The molecule has 0 saturated carbocycles. The van der Waals surface area contributed by atoms with Crippen LogP contribution < -0.4 is 5.32 Å². The second-order valence-corrected chi connectivity index (χ2v) is 12.1. The lowest BCUT2D eigenvalue weighted by atomic mass is 9.88. The molecule has 0 aliphatic heterocycles. The first-order chi connectivity index (χ1) is 15.2. The van der Waals surface area contributed by atoms with Crippen LogP contribution in [0.5, 0.6) is 0 Å². The number of thioether (sulfide) groups is 1. The number of thiophene rings is 1. The number of nitrogens with zero attached hydrogens (tertiary/aromatic N) is 2. The fraction of sp³-hybridized carbons (Fsp3) is 0.250. The van der Waals surface area contributed by atoms with E-state index in [1.165, 1.54) is 41.7 Å². The molecule has 5 aromatic rings. The molecule has 1 aliphatic rings. The Morgan fingerprint density at radius 1 is 1.00 bits per heavy atom. The van der Waals surface area contributed by atoms with Crippen LogP contribution in [-0.2, 0) is 12.8 Å². The van der Waals surface area contributed by atoms with E-state index in [9.17, 15) is 0 Å². The summed E-state index contributed by atoms with van der Waals surface area (Å²) >= 11 is 7.20. The van der Waals surface area contributed by atoms with Crippen molar-refractivity contribution in [3.8, 4) is 10.6 Å². The summed E-state index contributed by atoms with van der Waals surface area (Å²) in [6.45, 7) is 2.37. The Kier molecular flexibility index (Phi) is 5.02. The van der Waals surface area contributed by atoms with Crippen molar-refractivity contribution >= 4 is 76.3 Å². The van der Waals surface area contributed by atoms with Crippen LogP contribution in [0, 0.1) is 5.92 Å². The second kappa shape index (κ2) is 7.89. The molecule has 1 N–H and O–H groups in total. The first-order valence-corrected chi connectivity index (χ1v) is 14.1. The standard InChI is InChI=1S/C24H21N3S4/c1-13-7-9-15-19(11-13)30-23(21(15)22-25-16-5-3-4-6-18(16)29-22)27-24-26-17-10-8-14(28-2)12-20(17)31-24/h3-6,8,10,12-13H,7,9,11H2,1-2H3,(H,26,27). The number of fused-ring (bicyclic) bond motifs is 3. The van der Waals surface area contributed by atoms with Gasteiger partial charge in [0.1, 0.15) is 10.0 Å². The highest BCUT2D eigenvalue weighted by atomic mass is 32.2. The molecule has 1 aliphatic carbocycles. The van der Waals surface area contributed by atoms with Gasteiger partial charge in [-0.3, -0.25) is 0 Å². The van der Waals surface area contributed by atoms with Crippen LogP contribution in [0.15, 0.2) is 47.4 Å². The fourth-order valence-electron chi connectivity index (χ4n) is 4.23. The van der Waals surface area contributed by atoms with Gasteiger partial charge >= 0.3 is 0 Å². The Labute approximate surface area is 197 Å². The van der Waals surface area contributed by atoms with E-state index in [-0.39, 0.29) is 0 Å². The molecular formula is C24H21N3S4. The van der Waals surface area contributed by atoms with E-state index in [4.69, 9.17) is 9.97 Å². The average molecular weight is 480 g/mol. The maximum absolute atomic E-state index is 5.02. The van der Waals surface area contributed by atoms with Crippen molar-refractivity contribution in [1.82, 2.24) is 9.97 Å². The van der Waals surface area contributed by atoms with Gasteiger partial charge in [0, 0.05) is 15.3 Å². The first-order valence-electron chi connectivity index (χ1n) is 10.4. The van der Waals surface area contributed by atoms with Crippen LogP contribution in [-0.4, -0.2) is 16.2 Å². The highest BCUT2D eigenvalue weighted by Gasteiger charge is 2.27. The van der Waals surface area contributed by atoms with E-state index in [2.05, 4.69) is 61.0 Å². The van der Waals surface area contributed by atoms with E-state index in [1.54, 1.807) is 34.4 Å². The third-order valence-corrected chi connectivity index (χ3v) is 9.72. The molecule has 0 radical (unpaired) electrons. The maximum Gasteiger partial charge on any atom is 0.188 e. The van der Waals surface area contributed by atoms with Crippen molar-refractivity contribution in [1.29, 1.82) is 0 Å². The number of para-hydroxylation sites is 1. The Hall–Kier alpha value is -1.93. The third-order valence-electron chi connectivity index (χ3n) is 5.84. The quantitative estimate of drug-likeness (QED) is 0.263. The summed E-state index contributed by atoms with van der Waals surface area (Å²) in [5.41, 5.74) is 4.94. The van der Waals surface area contributed by atoms with Gasteiger partial charge in [-0.1, -0.05) is 30.4 Å². The van der Waals surface area contributed by atoms with Crippen LogP contribution in [0.25, 0.3) is 31.0 Å². The number of aromatic nitrogens is 2. The molecule has 3 heterocycles. The van der Waals surface area contributed by atoms with E-state index >= 15 is 0 Å². The zero-order valence-electron chi connectivity index (χ0n) is 17.3. The van der Waals surface area contributed by atoms with Crippen LogP contribution in [0.2, 0.25) is 0 Å². The van der Waals surface area contributed by atoms with Gasteiger partial charge in [0.25, 0.3) is 0 Å². The van der Waals surface area contributed by atoms with Gasteiger partial charge in [-0.05, 0) is 67.3 Å². The third kappa shape index (κ3) is 3.57. The molecule has 31 heavy (non-hydrogen) atoms. The van der Waals surface area contributed by atoms with Crippen molar-refractivity contribution in [2.24, 2.45) is 5.92 Å². The largest absolute Gasteiger partial charge is 0.323 e. The number of thiazole rings is 2. The van der Waals surface area contributed by atoms with Crippen LogP contribution in [0.4, 0.5) is 10.1 Å². The van der Waals surface area contributed by atoms with Crippen molar-refractivity contribution in [3.05, 3.63) is 52.9 Å². The van der Waals surface area contributed by atoms with Crippen molar-refractivity contribution in [2.75, 3.05) is 11.6 Å². The molecule has 3 aromatic heterocycles. The van der Waals surface area contributed by atoms with Crippen LogP contribution >= 0.6 is 45.8 Å². The molecule has 0 spiro atoms. The van der Waals surface area contributed by atoms with Crippen molar-refractivity contribution < 1.29 is 0 Å². The average Bonchev–Trinajstić information content (AvgIpc) is 3.46. The Balaban J connectivity index is 1.46. The SMILES string of the molecule is CSc1ccc2nc(Nc3sc4c(c3-c3nc5ccccc5s3)CCC(C)C4)sc2c1. The Bertz CT molecular complexity index is 1380. The molecular weight excluding hydrogens is 459 g/mol. The summed E-state index contributed by atoms with van der Waals surface area (Å²) in [4.78, 5) is 12.7. The molecule has 0 bridgehead atoms. The minimum atomic E-state index is 0.745. The molecule has 3 nitrogen and oxygen atoms in total. The predicted molar refractivity (Wildman–Crippen MR) is 139 cm³/mol. The molecule has 0 saturated heterocycles. The number of anilines is 2. The van der Waals surface area contributed by atoms with Crippen molar-refractivity contribution in [2.45, 2.75) is 31.1 Å². The highest BCUT2D eigenvalue weighted by molar-refractivity contribution is 7.98. The summed E-state index contributed by atoms with van der Waals surface area (Å²) in [5.74, 6) is 0.745. The topological polar surface area (TPSA) is 37.8 Å². The van der Waals surface area contributed by atoms with E-state index in [0.717, 1.165) is 39.9 Å². The molecule has 1 unspecified atom stereocenters. The number of nitrogens with one attached hydrogen (secondary N) is 1. The number of rotatable bonds is 4. The predicted octanol–water partition coefficient (Wildman–Crippen LogP) is 8.22.